The van der Waals surface area contributed by atoms with E-state index >= 15 is 0 Å². The molecule has 1 saturated heterocycles. The summed E-state index contributed by atoms with van der Waals surface area (Å²) < 4.78 is 5.92. The fraction of sp³-hybridized carbons (Fsp3) is 0.375. The Morgan fingerprint density at radius 2 is 1.90 bits per heavy atom. The third kappa shape index (κ3) is 2.63. The van der Waals surface area contributed by atoms with Gasteiger partial charge in [0, 0.05) is 31.7 Å². The molecule has 1 aromatic carbocycles. The molecule has 2 aromatic rings. The second kappa shape index (κ2) is 5.58. The van der Waals surface area contributed by atoms with Gasteiger partial charge in [0.05, 0.1) is 0 Å². The zero-order chi connectivity index (χ0) is 14.8. The zero-order valence-electron chi connectivity index (χ0n) is 12.3. The Hall–Kier alpha value is -2.32. The van der Waals surface area contributed by atoms with Crippen LogP contribution in [0.2, 0.25) is 0 Å². The van der Waals surface area contributed by atoms with E-state index in [0.717, 1.165) is 37.3 Å². The number of rotatable bonds is 2. The van der Waals surface area contributed by atoms with Gasteiger partial charge in [-0.05, 0) is 25.6 Å². The van der Waals surface area contributed by atoms with E-state index in [1.54, 1.807) is 0 Å². The second-order valence-corrected chi connectivity index (χ2v) is 5.39. The first-order chi connectivity index (χ1) is 10.2. The van der Waals surface area contributed by atoms with Crippen LogP contribution in [0.15, 0.2) is 28.7 Å². The van der Waals surface area contributed by atoms with Crippen LogP contribution in [0, 0.1) is 18.3 Å². The van der Waals surface area contributed by atoms with Crippen molar-refractivity contribution in [1.29, 1.82) is 5.26 Å². The number of oxazole rings is 1. The highest BCUT2D eigenvalue weighted by Crippen LogP contribution is 2.30. The summed E-state index contributed by atoms with van der Waals surface area (Å²) in [6.45, 7) is 5.65. The van der Waals surface area contributed by atoms with Gasteiger partial charge in [-0.25, -0.2) is 0 Å². The number of nitrogens with zero attached hydrogens (tertiary/aromatic N) is 4. The second-order valence-electron chi connectivity index (χ2n) is 5.39. The highest BCUT2D eigenvalue weighted by molar-refractivity contribution is 5.62. The van der Waals surface area contributed by atoms with Crippen molar-refractivity contribution < 1.29 is 4.42 Å². The molecule has 1 aliphatic rings. The molecule has 0 bridgehead atoms. The summed E-state index contributed by atoms with van der Waals surface area (Å²) in [6.07, 6.45) is 0. The Morgan fingerprint density at radius 1 is 1.19 bits per heavy atom. The maximum Gasteiger partial charge on any atom is 0.235 e. The van der Waals surface area contributed by atoms with E-state index in [-0.39, 0.29) is 0 Å². The predicted octanol–water partition coefficient (Wildman–Crippen LogP) is 2.27. The Bertz CT molecular complexity index is 678. The number of hydrogen-bond acceptors (Lipinski definition) is 5. The largest absolute Gasteiger partial charge is 0.419 e. The lowest BCUT2D eigenvalue weighted by Crippen LogP contribution is -2.44. The lowest BCUT2D eigenvalue weighted by Gasteiger charge is -2.31. The van der Waals surface area contributed by atoms with Gasteiger partial charge in [-0.2, -0.15) is 10.2 Å². The normalized spacial score (nSPS) is 16.0. The predicted molar refractivity (Wildman–Crippen MR) is 81.1 cm³/mol. The molecule has 0 radical (unpaired) electrons. The first-order valence-corrected chi connectivity index (χ1v) is 7.09. The van der Waals surface area contributed by atoms with Crippen LogP contribution in [-0.2, 0) is 0 Å². The summed E-state index contributed by atoms with van der Waals surface area (Å²) in [6, 6.07) is 10.1. The quantitative estimate of drug-likeness (QED) is 0.845. The van der Waals surface area contributed by atoms with Crippen LogP contribution in [0.5, 0.6) is 0 Å². The highest BCUT2D eigenvalue weighted by atomic mass is 16.4. The van der Waals surface area contributed by atoms with E-state index in [4.69, 9.17) is 4.42 Å². The zero-order valence-corrected chi connectivity index (χ0v) is 12.3. The van der Waals surface area contributed by atoms with Crippen molar-refractivity contribution >= 4 is 5.88 Å². The Kier molecular flexibility index (Phi) is 3.63. The molecule has 0 atom stereocenters. The molecule has 1 aliphatic heterocycles. The number of aryl methyl sites for hydroxylation is 1. The first kappa shape index (κ1) is 13.7. The molecule has 0 spiro atoms. The van der Waals surface area contributed by atoms with Gasteiger partial charge in [-0.1, -0.05) is 18.2 Å². The molecule has 3 rings (SSSR count). The molecule has 0 aliphatic carbocycles. The number of nitriles is 1. The summed E-state index contributed by atoms with van der Waals surface area (Å²) in [5, 5.41) is 9.32. The molecular formula is C16H18N4O. The summed E-state index contributed by atoms with van der Waals surface area (Å²) in [5.41, 5.74) is 2.40. The number of benzene rings is 1. The van der Waals surface area contributed by atoms with Crippen LogP contribution in [0.1, 0.15) is 11.3 Å². The average Bonchev–Trinajstić information content (AvgIpc) is 2.92. The lowest BCUT2D eigenvalue weighted by atomic mass is 10.1. The molecule has 2 heterocycles. The third-order valence-electron chi connectivity index (χ3n) is 3.88. The third-order valence-corrected chi connectivity index (χ3v) is 3.88. The summed E-state index contributed by atoms with van der Waals surface area (Å²) in [5.74, 6) is 1.13. The maximum atomic E-state index is 9.32. The molecule has 1 fully saturated rings. The molecule has 0 unspecified atom stereocenters. The minimum absolute atomic E-state index is 0.373. The van der Waals surface area contributed by atoms with E-state index in [9.17, 15) is 5.26 Å². The fourth-order valence-corrected chi connectivity index (χ4v) is 2.54. The van der Waals surface area contributed by atoms with E-state index in [0.29, 0.717) is 17.5 Å². The van der Waals surface area contributed by atoms with Gasteiger partial charge >= 0.3 is 0 Å². The molecule has 108 valence electrons. The van der Waals surface area contributed by atoms with Crippen molar-refractivity contribution in [2.24, 2.45) is 0 Å². The first-order valence-electron chi connectivity index (χ1n) is 7.09. The fourth-order valence-electron chi connectivity index (χ4n) is 2.54. The van der Waals surface area contributed by atoms with E-state index in [1.165, 1.54) is 0 Å². The Morgan fingerprint density at radius 3 is 2.57 bits per heavy atom. The SMILES string of the molecule is Cc1ccccc1-c1nc(C#N)c(N2CCN(C)CC2)o1. The topological polar surface area (TPSA) is 56.3 Å². The average molecular weight is 282 g/mol. The molecule has 0 amide bonds. The summed E-state index contributed by atoms with van der Waals surface area (Å²) in [7, 11) is 2.10. The smallest absolute Gasteiger partial charge is 0.235 e. The van der Waals surface area contributed by atoms with Crippen LogP contribution >= 0.6 is 0 Å². The van der Waals surface area contributed by atoms with E-state index in [1.807, 2.05) is 31.2 Å². The van der Waals surface area contributed by atoms with Crippen molar-refractivity contribution in [2.45, 2.75) is 6.92 Å². The lowest BCUT2D eigenvalue weighted by molar-refractivity contribution is 0.306. The molecule has 5 nitrogen and oxygen atoms in total. The summed E-state index contributed by atoms with van der Waals surface area (Å²) >= 11 is 0. The van der Waals surface area contributed by atoms with Crippen LogP contribution in [-0.4, -0.2) is 43.1 Å². The molecule has 0 saturated carbocycles. The van der Waals surface area contributed by atoms with Crippen LogP contribution < -0.4 is 4.90 Å². The molecular weight excluding hydrogens is 264 g/mol. The van der Waals surface area contributed by atoms with Crippen molar-refractivity contribution in [3.63, 3.8) is 0 Å². The van der Waals surface area contributed by atoms with Crippen LogP contribution in [0.4, 0.5) is 5.88 Å². The number of hydrogen-bond donors (Lipinski definition) is 0. The maximum absolute atomic E-state index is 9.32. The van der Waals surface area contributed by atoms with E-state index < -0.39 is 0 Å². The number of aromatic nitrogens is 1. The van der Waals surface area contributed by atoms with Gasteiger partial charge < -0.3 is 14.2 Å². The van der Waals surface area contributed by atoms with Crippen molar-refractivity contribution in [2.75, 3.05) is 38.1 Å². The number of likely N-dealkylation sites (N-methyl/N-ethyl adjacent to an activating group) is 1. The number of anilines is 1. The molecule has 0 N–H and O–H groups in total. The molecule has 21 heavy (non-hydrogen) atoms. The standard InChI is InChI=1S/C16H18N4O/c1-12-5-3-4-6-13(12)15-18-14(11-17)16(21-15)20-9-7-19(2)8-10-20/h3-6H,7-10H2,1-2H3. The van der Waals surface area contributed by atoms with Gasteiger partial charge in [-0.3, -0.25) is 0 Å². The van der Waals surface area contributed by atoms with Crippen molar-refractivity contribution in [1.82, 2.24) is 9.88 Å². The van der Waals surface area contributed by atoms with Crippen molar-refractivity contribution in [3.05, 3.63) is 35.5 Å². The van der Waals surface area contributed by atoms with Crippen molar-refractivity contribution in [3.8, 4) is 17.5 Å². The Balaban J connectivity index is 1.96. The highest BCUT2D eigenvalue weighted by Gasteiger charge is 2.23. The van der Waals surface area contributed by atoms with Gasteiger partial charge in [0.15, 0.2) is 0 Å². The van der Waals surface area contributed by atoms with Gasteiger partial charge in [0.2, 0.25) is 17.5 Å². The minimum atomic E-state index is 0.373. The number of piperazine rings is 1. The molecule has 5 heteroatoms. The Labute approximate surface area is 124 Å². The monoisotopic (exact) mass is 282 g/mol. The van der Waals surface area contributed by atoms with Crippen LogP contribution in [0.25, 0.3) is 11.5 Å². The minimum Gasteiger partial charge on any atom is -0.419 e. The van der Waals surface area contributed by atoms with E-state index in [2.05, 4.69) is 27.9 Å². The molecule has 1 aromatic heterocycles. The van der Waals surface area contributed by atoms with Gasteiger partial charge in [0.1, 0.15) is 6.07 Å². The van der Waals surface area contributed by atoms with Gasteiger partial charge in [-0.15, -0.1) is 0 Å². The van der Waals surface area contributed by atoms with Crippen LogP contribution in [0.3, 0.4) is 0 Å². The summed E-state index contributed by atoms with van der Waals surface area (Å²) in [4.78, 5) is 8.74. The van der Waals surface area contributed by atoms with Gasteiger partial charge in [0.25, 0.3) is 0 Å².